The van der Waals surface area contributed by atoms with E-state index in [-0.39, 0.29) is 23.4 Å². The molecule has 0 saturated heterocycles. The largest absolute Gasteiger partial charge is 0.464 e. The summed E-state index contributed by atoms with van der Waals surface area (Å²) in [6.07, 6.45) is 3.16. The molecule has 2 aromatic carbocycles. The summed E-state index contributed by atoms with van der Waals surface area (Å²) in [7, 11) is 0. The molecule has 0 aliphatic heterocycles. The average molecular weight is 446 g/mol. The van der Waals surface area contributed by atoms with Crippen LogP contribution in [0.15, 0.2) is 56.3 Å². The summed E-state index contributed by atoms with van der Waals surface area (Å²) in [6, 6.07) is 12.1. The molecular formula is C28H31NO4. The lowest BCUT2D eigenvalue weighted by Gasteiger charge is -2.17. The number of aryl methyl sites for hydroxylation is 2. The number of fused-ring (bicyclic) bond motifs is 2. The summed E-state index contributed by atoms with van der Waals surface area (Å²) in [5, 5.41) is 4.88. The maximum atomic E-state index is 12.8. The first kappa shape index (κ1) is 22.8. The Morgan fingerprint density at radius 3 is 2.39 bits per heavy atom. The number of nitrogens with one attached hydrogen (secondary N) is 1. The van der Waals surface area contributed by atoms with Gasteiger partial charge in [0.25, 0.3) is 0 Å². The van der Waals surface area contributed by atoms with Crippen LogP contribution in [0.5, 0.6) is 0 Å². The molecule has 0 fully saturated rings. The second kappa shape index (κ2) is 8.89. The molecule has 0 radical (unpaired) electrons. The van der Waals surface area contributed by atoms with E-state index >= 15 is 0 Å². The number of benzene rings is 2. The predicted molar refractivity (Wildman–Crippen MR) is 132 cm³/mol. The second-order valence-corrected chi connectivity index (χ2v) is 9.73. The molecule has 5 nitrogen and oxygen atoms in total. The van der Waals surface area contributed by atoms with Crippen LogP contribution in [-0.2, 0) is 23.1 Å². The first-order valence-electron chi connectivity index (χ1n) is 11.4. The monoisotopic (exact) mass is 445 g/mol. The van der Waals surface area contributed by atoms with Crippen LogP contribution in [0.25, 0.3) is 21.9 Å². The number of carbonyl (C=O) groups excluding carboxylic acids is 1. The summed E-state index contributed by atoms with van der Waals surface area (Å²) in [6.45, 7) is 10.9. The molecule has 4 aromatic rings. The van der Waals surface area contributed by atoms with Gasteiger partial charge in [-0.3, -0.25) is 4.79 Å². The van der Waals surface area contributed by atoms with Gasteiger partial charge in [-0.05, 0) is 49.3 Å². The molecule has 0 saturated carbocycles. The van der Waals surface area contributed by atoms with Crippen molar-refractivity contribution < 1.29 is 13.6 Å². The van der Waals surface area contributed by atoms with Crippen LogP contribution in [-0.4, -0.2) is 12.5 Å². The molecule has 2 heterocycles. The minimum absolute atomic E-state index is 0.0682. The van der Waals surface area contributed by atoms with E-state index in [1.54, 1.807) is 6.26 Å². The molecule has 5 heteroatoms. The van der Waals surface area contributed by atoms with E-state index in [1.807, 2.05) is 44.2 Å². The fraction of sp³-hybridized carbons (Fsp3) is 0.357. The first-order valence-corrected chi connectivity index (χ1v) is 11.4. The molecule has 0 unspecified atom stereocenters. The van der Waals surface area contributed by atoms with Gasteiger partial charge in [-0.1, -0.05) is 51.1 Å². The van der Waals surface area contributed by atoms with Gasteiger partial charge in [-0.15, -0.1) is 0 Å². The highest BCUT2D eigenvalue weighted by Crippen LogP contribution is 2.37. The molecule has 172 valence electrons. The normalized spacial score (nSPS) is 11.9. The van der Waals surface area contributed by atoms with Crippen molar-refractivity contribution in [1.29, 1.82) is 0 Å². The lowest BCUT2D eigenvalue weighted by Crippen LogP contribution is -2.26. The zero-order chi connectivity index (χ0) is 23.8. The van der Waals surface area contributed by atoms with Gasteiger partial charge < -0.3 is 14.2 Å². The van der Waals surface area contributed by atoms with E-state index in [1.165, 1.54) is 5.56 Å². The topological polar surface area (TPSA) is 72.5 Å². The fourth-order valence-corrected chi connectivity index (χ4v) is 4.38. The van der Waals surface area contributed by atoms with Crippen LogP contribution < -0.4 is 10.9 Å². The molecule has 1 amide bonds. The van der Waals surface area contributed by atoms with Crippen molar-refractivity contribution in [3.63, 3.8) is 0 Å². The summed E-state index contributed by atoms with van der Waals surface area (Å²) in [5.41, 5.74) is 5.38. The van der Waals surface area contributed by atoms with E-state index in [0.717, 1.165) is 39.5 Å². The van der Waals surface area contributed by atoms with Gasteiger partial charge in [0.1, 0.15) is 11.2 Å². The van der Waals surface area contributed by atoms with Gasteiger partial charge in [0.05, 0.1) is 6.26 Å². The maximum Gasteiger partial charge on any atom is 0.339 e. The van der Waals surface area contributed by atoms with Crippen LogP contribution >= 0.6 is 0 Å². The lowest BCUT2D eigenvalue weighted by atomic mass is 9.86. The molecule has 33 heavy (non-hydrogen) atoms. The van der Waals surface area contributed by atoms with Crippen molar-refractivity contribution in [1.82, 2.24) is 5.32 Å². The SMILES string of the molecule is Cc1c(CCC(=O)NCCc2ccccc2)c(=O)oc2c(C)c3occ(C(C)(C)C)c3cc12. The molecule has 4 rings (SSSR count). The quantitative estimate of drug-likeness (QED) is 0.384. The number of furan rings is 1. The smallest absolute Gasteiger partial charge is 0.339 e. The Kier molecular flexibility index (Phi) is 6.15. The lowest BCUT2D eigenvalue weighted by molar-refractivity contribution is -0.121. The van der Waals surface area contributed by atoms with Crippen molar-refractivity contribution >= 4 is 27.8 Å². The summed E-state index contributed by atoms with van der Waals surface area (Å²) >= 11 is 0. The predicted octanol–water partition coefficient (Wildman–Crippen LogP) is 5.75. The Hall–Kier alpha value is -3.34. The third-order valence-electron chi connectivity index (χ3n) is 6.33. The summed E-state index contributed by atoms with van der Waals surface area (Å²) in [5.74, 6) is -0.0682. The van der Waals surface area contributed by atoms with E-state index < -0.39 is 0 Å². The van der Waals surface area contributed by atoms with Gasteiger partial charge in [0.2, 0.25) is 5.91 Å². The van der Waals surface area contributed by atoms with Gasteiger partial charge in [0, 0.05) is 40.4 Å². The molecule has 0 spiro atoms. The van der Waals surface area contributed by atoms with Crippen LogP contribution in [0.2, 0.25) is 0 Å². The Morgan fingerprint density at radius 1 is 0.970 bits per heavy atom. The third-order valence-corrected chi connectivity index (χ3v) is 6.33. The van der Waals surface area contributed by atoms with E-state index in [9.17, 15) is 9.59 Å². The summed E-state index contributed by atoms with van der Waals surface area (Å²) < 4.78 is 11.6. The van der Waals surface area contributed by atoms with Crippen molar-refractivity contribution in [3.05, 3.63) is 80.9 Å². The zero-order valence-corrected chi connectivity index (χ0v) is 20.0. The Balaban J connectivity index is 1.57. The molecule has 0 aliphatic rings. The van der Waals surface area contributed by atoms with Crippen molar-refractivity contribution in [2.24, 2.45) is 0 Å². The molecule has 1 N–H and O–H groups in total. The van der Waals surface area contributed by atoms with Crippen LogP contribution in [0.4, 0.5) is 0 Å². The molecule has 0 atom stereocenters. The maximum absolute atomic E-state index is 12.8. The highest BCUT2D eigenvalue weighted by Gasteiger charge is 2.23. The number of hydrogen-bond donors (Lipinski definition) is 1. The highest BCUT2D eigenvalue weighted by atomic mass is 16.4. The van der Waals surface area contributed by atoms with Crippen molar-refractivity contribution in [2.75, 3.05) is 6.54 Å². The molecular weight excluding hydrogens is 414 g/mol. The van der Waals surface area contributed by atoms with Gasteiger partial charge >= 0.3 is 5.63 Å². The standard InChI is InChI=1S/C28H31NO4/c1-17-20(11-12-24(30)29-14-13-19-9-7-6-8-10-19)27(31)33-26-18(2)25-22(15-21(17)26)23(16-32-25)28(3,4)5/h6-10,15-16H,11-14H2,1-5H3,(H,29,30). The molecule has 0 bridgehead atoms. The van der Waals surface area contributed by atoms with Crippen molar-refractivity contribution in [3.8, 4) is 0 Å². The molecule has 0 aliphatic carbocycles. The Labute approximate surface area is 193 Å². The Bertz CT molecular complexity index is 1370. The minimum Gasteiger partial charge on any atom is -0.464 e. The van der Waals surface area contributed by atoms with Crippen LogP contribution in [0, 0.1) is 13.8 Å². The number of rotatable bonds is 6. The number of hydrogen-bond acceptors (Lipinski definition) is 4. The van der Waals surface area contributed by atoms with Crippen LogP contribution in [0.1, 0.15) is 55.0 Å². The average Bonchev–Trinajstić information content (AvgIpc) is 3.20. The van der Waals surface area contributed by atoms with Crippen molar-refractivity contribution in [2.45, 2.75) is 59.3 Å². The first-order chi connectivity index (χ1) is 15.7. The van der Waals surface area contributed by atoms with E-state index in [4.69, 9.17) is 8.83 Å². The second-order valence-electron chi connectivity index (χ2n) is 9.73. The highest BCUT2D eigenvalue weighted by molar-refractivity contribution is 6.00. The van der Waals surface area contributed by atoms with Gasteiger partial charge in [-0.25, -0.2) is 4.79 Å². The molecule has 2 aromatic heterocycles. The third kappa shape index (κ3) is 4.58. The summed E-state index contributed by atoms with van der Waals surface area (Å²) in [4.78, 5) is 25.2. The zero-order valence-electron chi connectivity index (χ0n) is 20.0. The fourth-order valence-electron chi connectivity index (χ4n) is 4.38. The van der Waals surface area contributed by atoms with E-state index in [0.29, 0.717) is 24.1 Å². The minimum atomic E-state index is -0.387. The van der Waals surface area contributed by atoms with Gasteiger partial charge in [-0.2, -0.15) is 0 Å². The number of carbonyl (C=O) groups is 1. The number of amides is 1. The van der Waals surface area contributed by atoms with Crippen LogP contribution in [0.3, 0.4) is 0 Å². The van der Waals surface area contributed by atoms with E-state index in [2.05, 4.69) is 32.2 Å². The van der Waals surface area contributed by atoms with Gasteiger partial charge in [0.15, 0.2) is 0 Å². The Morgan fingerprint density at radius 2 is 1.70 bits per heavy atom.